The van der Waals surface area contributed by atoms with Crippen LogP contribution < -0.4 is 0 Å². The highest BCUT2D eigenvalue weighted by molar-refractivity contribution is 5.67. The van der Waals surface area contributed by atoms with Crippen LogP contribution in [0.25, 0.3) is 0 Å². The monoisotopic (exact) mass is 1210 g/mol. The number of carbonyl (C=O) groups excluding carboxylic acids is 2. The van der Waals surface area contributed by atoms with Gasteiger partial charge in [-0.2, -0.15) is 0 Å². The fraction of sp³-hybridized carbons (Fsp3) is 0.931. The number of ether oxygens (including phenoxy) is 15. The Kier molecular flexibility index (Phi) is 21.4. The highest BCUT2D eigenvalue weighted by atomic mass is 16.8. The molecule has 0 radical (unpaired) electrons. The van der Waals surface area contributed by atoms with E-state index in [1.807, 2.05) is 13.8 Å². The van der Waals surface area contributed by atoms with E-state index in [0.717, 1.165) is 38.5 Å². The number of hydrogen-bond acceptors (Lipinski definition) is 26. The minimum atomic E-state index is -1.85. The molecule has 8 fully saturated rings. The summed E-state index contributed by atoms with van der Waals surface area (Å²) in [6, 6.07) is 0. The lowest BCUT2D eigenvalue weighted by Gasteiger charge is -2.58. The molecule has 0 spiro atoms. The second-order valence-corrected chi connectivity index (χ2v) is 25.5. The first-order valence-corrected chi connectivity index (χ1v) is 30.0. The van der Waals surface area contributed by atoms with Crippen LogP contribution in [-0.2, 0) is 80.6 Å². The summed E-state index contributed by atoms with van der Waals surface area (Å²) in [6.07, 6.45) is -22.3. The lowest BCUT2D eigenvalue weighted by atomic mass is 9.47. The van der Waals surface area contributed by atoms with E-state index < -0.39 is 185 Å². The van der Waals surface area contributed by atoms with Crippen molar-refractivity contribution in [3.05, 3.63) is 11.6 Å². The first-order valence-electron chi connectivity index (χ1n) is 30.0. The molecule has 9 N–H and O–H groups in total. The van der Waals surface area contributed by atoms with Gasteiger partial charge in [0.1, 0.15) is 79.4 Å². The van der Waals surface area contributed by atoms with Gasteiger partial charge in [0.25, 0.3) is 0 Å². The molecule has 5 saturated heterocycles. The zero-order chi connectivity index (χ0) is 61.0. The fourth-order valence-electron chi connectivity index (χ4n) is 16.1. The number of aliphatic hydroxyl groups excluding tert-OH is 9. The molecule has 5 aliphatic heterocycles. The molecule has 0 aromatic carbocycles. The van der Waals surface area contributed by atoms with E-state index >= 15 is 0 Å². The lowest BCUT2D eigenvalue weighted by molar-refractivity contribution is -0.376. The van der Waals surface area contributed by atoms with Crippen molar-refractivity contribution < 1.29 is 127 Å². The number of esters is 2. The van der Waals surface area contributed by atoms with Crippen molar-refractivity contribution in [3.8, 4) is 0 Å². The first-order chi connectivity index (χ1) is 39.8. The molecule has 5 heterocycles. The summed E-state index contributed by atoms with van der Waals surface area (Å²) in [5.41, 5.74) is 0.918. The number of aliphatic hydroxyl groups is 9. The Labute approximate surface area is 490 Å². The van der Waals surface area contributed by atoms with Crippen LogP contribution in [-0.4, -0.2) is 258 Å². The van der Waals surface area contributed by atoms with Crippen molar-refractivity contribution in [3.63, 3.8) is 0 Å². The highest BCUT2D eigenvalue weighted by Crippen LogP contribution is 2.67. The van der Waals surface area contributed by atoms with Crippen molar-refractivity contribution in [2.75, 3.05) is 34.5 Å². The summed E-state index contributed by atoms with van der Waals surface area (Å²) in [7, 11) is 4.40. The molecule has 0 unspecified atom stereocenters. The van der Waals surface area contributed by atoms with E-state index in [4.69, 9.17) is 71.1 Å². The van der Waals surface area contributed by atoms with Crippen LogP contribution >= 0.6 is 0 Å². The quantitative estimate of drug-likeness (QED) is 0.0624. The van der Waals surface area contributed by atoms with Crippen molar-refractivity contribution in [1.29, 1.82) is 0 Å². The van der Waals surface area contributed by atoms with Gasteiger partial charge in [0.05, 0.1) is 55.9 Å². The molecular weight excluding hydrogens is 1110 g/mol. The molecule has 482 valence electrons. The van der Waals surface area contributed by atoms with Crippen LogP contribution in [0, 0.1) is 34.5 Å². The summed E-state index contributed by atoms with van der Waals surface area (Å²) in [5, 5.41) is 97.5. The van der Waals surface area contributed by atoms with Gasteiger partial charge in [0.15, 0.2) is 43.7 Å². The highest BCUT2D eigenvalue weighted by Gasteiger charge is 2.63. The molecule has 0 aromatic heterocycles. The standard InChI is InChI=1S/C58H94O26/c1-23(75-55-51(49(71-10)40(63)24(2)76-55)84-54-46(69)44(67)42(65)37(82-54)22-73-53-45(68)43(66)41(64)36(21-59)81-53)39-34(62)19-33-31-13-12-29-18-30(14-16-57(29,7)32(31)15-17-58(33,39)8)80-38-20-35(70-9)47(25(3)74-38)83-56-52(79-28(6)61)50(72-11)48(26(4)77-56)78-27(5)60/h12,23-26,30-56,59,62-69H,13-22H2,1-11H3/t23-,24+,25+,26+,30-,31+,32-,33-,34-,35-,36+,37+,38-,39-,40-,41+,42+,43-,44-,45+,46+,47+,48-,49-,50-,51+,52+,53+,54-,55+,56-,57-,58-/m0/s1. The molecule has 0 bridgehead atoms. The van der Waals surface area contributed by atoms with Gasteiger partial charge in [-0.25, -0.2) is 0 Å². The fourth-order valence-corrected chi connectivity index (χ4v) is 16.1. The number of fused-ring (bicyclic) bond motifs is 5. The predicted octanol–water partition coefficient (Wildman–Crippen LogP) is -0.385. The molecule has 3 saturated carbocycles. The van der Waals surface area contributed by atoms with Crippen LogP contribution in [0.2, 0.25) is 0 Å². The third-order valence-electron chi connectivity index (χ3n) is 20.4. The Bertz CT molecular complexity index is 2230. The Morgan fingerprint density at radius 1 is 0.619 bits per heavy atom. The summed E-state index contributed by atoms with van der Waals surface area (Å²) in [4.78, 5) is 24.3. The normalized spacial score (nSPS) is 50.9. The van der Waals surface area contributed by atoms with Gasteiger partial charge in [-0.3, -0.25) is 9.59 Å². The minimum absolute atomic E-state index is 0.0960. The summed E-state index contributed by atoms with van der Waals surface area (Å²) < 4.78 is 91.2. The Morgan fingerprint density at radius 2 is 1.24 bits per heavy atom. The first kappa shape index (κ1) is 66.2. The summed E-state index contributed by atoms with van der Waals surface area (Å²) >= 11 is 0. The van der Waals surface area contributed by atoms with Crippen LogP contribution in [0.4, 0.5) is 0 Å². The van der Waals surface area contributed by atoms with E-state index in [1.165, 1.54) is 33.6 Å². The van der Waals surface area contributed by atoms with Gasteiger partial charge < -0.3 is 117 Å². The number of methoxy groups -OCH3 is 3. The second-order valence-electron chi connectivity index (χ2n) is 25.5. The van der Waals surface area contributed by atoms with Gasteiger partial charge in [-0.05, 0) is 101 Å². The smallest absolute Gasteiger partial charge is 0.303 e. The molecular formula is C58H94O26. The number of rotatable bonds is 18. The molecule has 0 amide bonds. The van der Waals surface area contributed by atoms with Crippen LogP contribution in [0.15, 0.2) is 11.6 Å². The topological polar surface area (TPSA) is 355 Å². The molecule has 84 heavy (non-hydrogen) atoms. The van der Waals surface area contributed by atoms with Crippen LogP contribution in [0.1, 0.15) is 107 Å². The van der Waals surface area contributed by atoms with Gasteiger partial charge in [-0.15, -0.1) is 0 Å². The van der Waals surface area contributed by atoms with Crippen molar-refractivity contribution in [2.24, 2.45) is 34.5 Å². The van der Waals surface area contributed by atoms with Crippen LogP contribution in [0.3, 0.4) is 0 Å². The third kappa shape index (κ3) is 12.9. The van der Waals surface area contributed by atoms with Crippen molar-refractivity contribution >= 4 is 11.9 Å². The van der Waals surface area contributed by atoms with Crippen LogP contribution in [0.5, 0.6) is 0 Å². The zero-order valence-corrected chi connectivity index (χ0v) is 50.0. The summed E-state index contributed by atoms with van der Waals surface area (Å²) in [6.45, 7) is 13.0. The molecule has 0 aromatic rings. The molecule has 26 heteroatoms. The number of allylic oxidation sites excluding steroid dienone is 1. The van der Waals surface area contributed by atoms with E-state index in [0.29, 0.717) is 18.8 Å². The number of hydrogen-bond donors (Lipinski definition) is 9. The van der Waals surface area contributed by atoms with Gasteiger partial charge in [0, 0.05) is 47.5 Å². The maximum absolute atomic E-state index is 12.3. The van der Waals surface area contributed by atoms with Crippen molar-refractivity contribution in [1.82, 2.24) is 0 Å². The predicted molar refractivity (Wildman–Crippen MR) is 285 cm³/mol. The lowest BCUT2D eigenvalue weighted by Crippen LogP contribution is -2.65. The maximum atomic E-state index is 12.3. The van der Waals surface area contributed by atoms with E-state index in [1.54, 1.807) is 21.0 Å². The second kappa shape index (κ2) is 27.1. The largest absolute Gasteiger partial charge is 0.457 e. The molecule has 26 nitrogen and oxygen atoms in total. The molecule has 4 aliphatic carbocycles. The average molecular weight is 1210 g/mol. The summed E-state index contributed by atoms with van der Waals surface area (Å²) in [5.74, 6) is -0.688. The SMILES string of the molecule is CO[C@H]1[C@@H](OC(C)=O)[C@@H](C)O[C@@H](O[C@H]2[C@@H](OC)C[C@H](O[C@H]3CC[C@@]4(C)C(=CC[C@H]5[C@@H]6C[C@H](O)[C@H]([C@H](C)O[C@@H]7O[C@H](C)[C@H](O)[C@H](OC)[C@H]7O[C@@H]7O[C@H](CO[C@@H]8O[C@H](CO)[C@@H](O)[C@H](O)[C@H]8O)[C@@H](O)[C@H](O)[C@H]7O)[C@@]6(C)CC[C@@H]54)C3)O[C@@H]2C)[C@@H]1OC(C)=O. The molecule has 9 rings (SSSR count). The molecule has 9 aliphatic rings. The minimum Gasteiger partial charge on any atom is -0.457 e. The third-order valence-corrected chi connectivity index (χ3v) is 20.4. The van der Waals surface area contributed by atoms with Gasteiger partial charge in [0.2, 0.25) is 0 Å². The Balaban J connectivity index is 0.829. The zero-order valence-electron chi connectivity index (χ0n) is 50.0. The van der Waals surface area contributed by atoms with E-state index in [9.17, 15) is 55.5 Å². The number of carbonyl (C=O) groups is 2. The maximum Gasteiger partial charge on any atom is 0.303 e. The van der Waals surface area contributed by atoms with E-state index in [-0.39, 0.29) is 34.7 Å². The van der Waals surface area contributed by atoms with E-state index in [2.05, 4.69) is 19.9 Å². The Morgan fingerprint density at radius 3 is 1.89 bits per heavy atom. The Hall–Kier alpha value is -2.20. The van der Waals surface area contributed by atoms with Gasteiger partial charge in [-0.1, -0.05) is 25.5 Å². The van der Waals surface area contributed by atoms with Gasteiger partial charge >= 0.3 is 11.9 Å². The average Bonchev–Trinajstić information content (AvgIpc) is 1.44. The van der Waals surface area contributed by atoms with Crippen molar-refractivity contribution in [2.45, 2.75) is 272 Å². The molecule has 33 atom stereocenters.